The van der Waals surface area contributed by atoms with Gasteiger partial charge in [0.2, 0.25) is 0 Å². The number of nitrogens with zero attached hydrogens (tertiary/aromatic N) is 1. The minimum absolute atomic E-state index is 0.663. The normalized spacial score (nSPS) is 11.5. The molecule has 1 nitrogen and oxygen atoms in total. The Morgan fingerprint density at radius 2 is 0.848 bits per heavy atom. The van der Waals surface area contributed by atoms with Crippen molar-refractivity contribution < 1.29 is 0 Å². The van der Waals surface area contributed by atoms with Gasteiger partial charge in [-0.3, -0.25) is 0 Å². The van der Waals surface area contributed by atoms with Crippen LogP contribution in [0.15, 0.2) is 152 Å². The molecule has 0 N–H and O–H groups in total. The molecule has 0 unspecified atom stereocenters. The first-order chi connectivity index (χ1) is 22.7. The summed E-state index contributed by atoms with van der Waals surface area (Å²) in [5.74, 6) is 0. The van der Waals surface area contributed by atoms with Crippen LogP contribution < -0.4 is 0 Å². The van der Waals surface area contributed by atoms with E-state index < -0.39 is 0 Å². The average Bonchev–Trinajstić information content (AvgIpc) is 3.70. The van der Waals surface area contributed by atoms with Crippen LogP contribution in [0.3, 0.4) is 0 Å². The van der Waals surface area contributed by atoms with E-state index in [9.17, 15) is 5.26 Å². The third-order valence-corrected chi connectivity index (χ3v) is 11.3. The molecule has 9 rings (SSSR count). The molecule has 9 aromatic rings. The number of fused-ring (bicyclic) bond motifs is 6. The summed E-state index contributed by atoms with van der Waals surface area (Å²) in [4.78, 5) is 0. The molecular weight excluding hydrogens is 595 g/mol. The first-order valence-electron chi connectivity index (χ1n) is 15.3. The molecule has 0 aliphatic carbocycles. The molecule has 7 aromatic carbocycles. The molecule has 0 radical (unpaired) electrons. The summed E-state index contributed by atoms with van der Waals surface area (Å²) >= 11 is 3.68. The average molecular weight is 620 g/mol. The van der Waals surface area contributed by atoms with E-state index in [-0.39, 0.29) is 0 Å². The van der Waals surface area contributed by atoms with Crippen molar-refractivity contribution in [2.45, 2.75) is 0 Å². The quantitative estimate of drug-likeness (QED) is 0.192. The molecule has 0 saturated carbocycles. The van der Waals surface area contributed by atoms with E-state index in [2.05, 4.69) is 146 Å². The third-order valence-electron chi connectivity index (χ3n) is 8.91. The van der Waals surface area contributed by atoms with E-state index in [0.29, 0.717) is 5.56 Å². The van der Waals surface area contributed by atoms with Crippen LogP contribution in [0, 0.1) is 11.3 Å². The van der Waals surface area contributed by atoms with Crippen LogP contribution in [-0.4, -0.2) is 0 Å². The second-order valence-electron chi connectivity index (χ2n) is 11.6. The van der Waals surface area contributed by atoms with Crippen molar-refractivity contribution in [1.29, 1.82) is 5.26 Å². The first-order valence-corrected chi connectivity index (χ1v) is 16.9. The Hall–Kier alpha value is -5.53. The van der Waals surface area contributed by atoms with E-state index in [4.69, 9.17) is 0 Å². The van der Waals surface area contributed by atoms with Crippen LogP contribution in [0.2, 0.25) is 0 Å². The van der Waals surface area contributed by atoms with Gasteiger partial charge in [0.05, 0.1) is 11.6 Å². The fraction of sp³-hybridized carbons (Fsp3) is 0. The van der Waals surface area contributed by atoms with Gasteiger partial charge in [0, 0.05) is 40.3 Å². The van der Waals surface area contributed by atoms with Gasteiger partial charge in [0.15, 0.2) is 0 Å². The molecule has 46 heavy (non-hydrogen) atoms. The smallest absolute Gasteiger partial charge is 0.0992 e. The van der Waals surface area contributed by atoms with Crippen molar-refractivity contribution in [3.05, 3.63) is 157 Å². The standard InChI is InChI=1S/C43H25NS2/c44-26-27-22-32(25-33(23-27)35-13-7-15-39-37-11-2-4-17-41(37)46-43(35)39)31-9-5-8-30(24-31)28-18-20-29(21-19-28)34-12-6-14-38-36-10-1-3-16-40(36)45-42(34)38/h1-25H. The number of hydrogen-bond donors (Lipinski definition) is 0. The van der Waals surface area contributed by atoms with Crippen LogP contribution in [0.5, 0.6) is 0 Å². The maximum atomic E-state index is 10.0. The fourth-order valence-electron chi connectivity index (χ4n) is 6.68. The van der Waals surface area contributed by atoms with Gasteiger partial charge in [-0.1, -0.05) is 115 Å². The monoisotopic (exact) mass is 619 g/mol. The Morgan fingerprint density at radius 3 is 1.48 bits per heavy atom. The predicted molar refractivity (Wildman–Crippen MR) is 199 cm³/mol. The molecule has 2 heterocycles. The largest absolute Gasteiger partial charge is 0.192 e. The van der Waals surface area contributed by atoms with Crippen molar-refractivity contribution in [2.75, 3.05) is 0 Å². The second-order valence-corrected chi connectivity index (χ2v) is 13.7. The molecule has 214 valence electrons. The second kappa shape index (κ2) is 10.8. The maximum Gasteiger partial charge on any atom is 0.0992 e. The molecule has 3 heteroatoms. The zero-order valence-corrected chi connectivity index (χ0v) is 26.3. The lowest BCUT2D eigenvalue weighted by atomic mass is 9.93. The Balaban J connectivity index is 1.10. The van der Waals surface area contributed by atoms with E-state index in [1.807, 2.05) is 34.8 Å². The zero-order valence-electron chi connectivity index (χ0n) is 24.7. The summed E-state index contributed by atoms with van der Waals surface area (Å²) in [5.41, 5.74) is 9.85. The Labute approximate surface area is 274 Å². The van der Waals surface area contributed by atoms with Crippen LogP contribution in [0.4, 0.5) is 0 Å². The van der Waals surface area contributed by atoms with Crippen LogP contribution in [0.1, 0.15) is 5.56 Å². The SMILES string of the molecule is N#Cc1cc(-c2cccc(-c3ccc(-c4cccc5c4sc4ccccc45)cc3)c2)cc(-c2cccc3c2sc2ccccc23)c1. The van der Waals surface area contributed by atoms with Gasteiger partial charge in [-0.2, -0.15) is 5.26 Å². The highest BCUT2D eigenvalue weighted by atomic mass is 32.1. The Kier molecular flexibility index (Phi) is 6.31. The highest BCUT2D eigenvalue weighted by Crippen LogP contribution is 2.42. The number of thiophene rings is 2. The van der Waals surface area contributed by atoms with E-state index >= 15 is 0 Å². The molecule has 0 aliphatic heterocycles. The molecular formula is C43H25NS2. The van der Waals surface area contributed by atoms with Crippen molar-refractivity contribution in [3.8, 4) is 50.6 Å². The van der Waals surface area contributed by atoms with Gasteiger partial charge >= 0.3 is 0 Å². The summed E-state index contributed by atoms with van der Waals surface area (Å²) in [6.07, 6.45) is 0. The van der Waals surface area contributed by atoms with Crippen molar-refractivity contribution in [1.82, 2.24) is 0 Å². The van der Waals surface area contributed by atoms with Gasteiger partial charge in [-0.05, 0) is 80.9 Å². The number of benzene rings is 7. The summed E-state index contributed by atoms with van der Waals surface area (Å²) in [6, 6.07) is 56.6. The molecule has 2 aromatic heterocycles. The molecule has 0 saturated heterocycles. The molecule has 0 amide bonds. The highest BCUT2D eigenvalue weighted by Gasteiger charge is 2.14. The minimum atomic E-state index is 0.663. The van der Waals surface area contributed by atoms with Crippen molar-refractivity contribution >= 4 is 63.0 Å². The molecule has 0 aliphatic rings. The van der Waals surface area contributed by atoms with Crippen LogP contribution >= 0.6 is 22.7 Å². The number of nitriles is 1. The number of hydrogen-bond acceptors (Lipinski definition) is 3. The van der Waals surface area contributed by atoms with Crippen molar-refractivity contribution in [3.63, 3.8) is 0 Å². The van der Waals surface area contributed by atoms with Gasteiger partial charge in [-0.25, -0.2) is 0 Å². The van der Waals surface area contributed by atoms with Gasteiger partial charge in [0.25, 0.3) is 0 Å². The first kappa shape index (κ1) is 26.8. The van der Waals surface area contributed by atoms with Gasteiger partial charge in [-0.15, -0.1) is 22.7 Å². The molecule has 0 fully saturated rings. The topological polar surface area (TPSA) is 23.8 Å². The lowest BCUT2D eigenvalue weighted by molar-refractivity contribution is 1.48. The van der Waals surface area contributed by atoms with Crippen LogP contribution in [0.25, 0.3) is 84.9 Å². The Morgan fingerprint density at radius 1 is 0.370 bits per heavy atom. The van der Waals surface area contributed by atoms with E-state index in [1.165, 1.54) is 57.0 Å². The molecule has 0 spiro atoms. The fourth-order valence-corrected chi connectivity index (χ4v) is 9.16. The molecule has 0 bridgehead atoms. The third kappa shape index (κ3) is 4.43. The zero-order chi connectivity index (χ0) is 30.6. The molecule has 0 atom stereocenters. The summed E-state index contributed by atoms with van der Waals surface area (Å²) in [7, 11) is 0. The maximum absolute atomic E-state index is 10.0. The van der Waals surface area contributed by atoms with E-state index in [1.54, 1.807) is 0 Å². The van der Waals surface area contributed by atoms with Gasteiger partial charge in [0.1, 0.15) is 0 Å². The summed E-state index contributed by atoms with van der Waals surface area (Å²) < 4.78 is 5.19. The summed E-state index contributed by atoms with van der Waals surface area (Å²) in [6.45, 7) is 0. The van der Waals surface area contributed by atoms with E-state index in [0.717, 1.165) is 27.8 Å². The lowest BCUT2D eigenvalue weighted by Gasteiger charge is -2.11. The predicted octanol–water partition coefficient (Wildman–Crippen LogP) is 13.0. The van der Waals surface area contributed by atoms with Crippen molar-refractivity contribution in [2.24, 2.45) is 0 Å². The number of rotatable bonds is 4. The Bertz CT molecular complexity index is 2650. The summed E-state index contributed by atoms with van der Waals surface area (Å²) in [5, 5.41) is 15.2. The van der Waals surface area contributed by atoms with Crippen LogP contribution in [-0.2, 0) is 0 Å². The highest BCUT2D eigenvalue weighted by molar-refractivity contribution is 7.26. The minimum Gasteiger partial charge on any atom is -0.192 e. The van der Waals surface area contributed by atoms with Gasteiger partial charge < -0.3 is 0 Å². The lowest BCUT2D eigenvalue weighted by Crippen LogP contribution is -1.87.